The summed E-state index contributed by atoms with van der Waals surface area (Å²) in [4.78, 5) is 0. The van der Waals surface area contributed by atoms with Crippen molar-refractivity contribution in [2.45, 2.75) is 18.4 Å². The third kappa shape index (κ3) is 1.87. The van der Waals surface area contributed by atoms with E-state index in [9.17, 15) is 5.11 Å². The maximum atomic E-state index is 10.6. The van der Waals surface area contributed by atoms with Gasteiger partial charge < -0.3 is 9.84 Å². The van der Waals surface area contributed by atoms with Crippen molar-refractivity contribution in [2.75, 3.05) is 7.11 Å². The summed E-state index contributed by atoms with van der Waals surface area (Å²) in [6.07, 6.45) is 0. The van der Waals surface area contributed by atoms with Gasteiger partial charge in [-0.1, -0.05) is 73.7 Å². The molecule has 0 radical (unpaired) electrons. The van der Waals surface area contributed by atoms with Crippen molar-refractivity contribution < 1.29 is 9.84 Å². The van der Waals surface area contributed by atoms with Gasteiger partial charge in [0.25, 0.3) is 0 Å². The number of aromatic hydroxyl groups is 1. The highest BCUT2D eigenvalue weighted by atomic mass is 16.5. The lowest BCUT2D eigenvalue weighted by Crippen LogP contribution is -2.37. The van der Waals surface area contributed by atoms with E-state index in [0.717, 1.165) is 16.7 Å². The molecule has 0 aliphatic heterocycles. The molecule has 24 heavy (non-hydrogen) atoms. The summed E-state index contributed by atoms with van der Waals surface area (Å²) in [5.74, 6) is 0.532. The second kappa shape index (κ2) is 5.50. The number of para-hydroxylation sites is 1. The summed E-state index contributed by atoms with van der Waals surface area (Å²) in [6.45, 7) is 2.22. The van der Waals surface area contributed by atoms with Gasteiger partial charge >= 0.3 is 0 Å². The monoisotopic (exact) mass is 316 g/mol. The zero-order valence-electron chi connectivity index (χ0n) is 13.9. The highest BCUT2D eigenvalue weighted by Crippen LogP contribution is 2.52. The van der Waals surface area contributed by atoms with E-state index < -0.39 is 5.60 Å². The third-order valence-electron chi connectivity index (χ3n) is 5.20. The first-order valence-electron chi connectivity index (χ1n) is 8.22. The molecule has 0 saturated heterocycles. The van der Waals surface area contributed by atoms with Crippen LogP contribution in [0, 0.1) is 0 Å². The number of phenolic OH excluding ortho intramolecular Hbond substituents is 1. The fourth-order valence-corrected chi connectivity index (χ4v) is 4.09. The molecule has 0 fully saturated rings. The number of phenols is 1. The number of ether oxygens (including phenoxy) is 1. The zero-order valence-corrected chi connectivity index (χ0v) is 13.9. The van der Waals surface area contributed by atoms with E-state index >= 15 is 0 Å². The van der Waals surface area contributed by atoms with Crippen LogP contribution in [0.5, 0.6) is 5.75 Å². The van der Waals surface area contributed by atoms with Crippen LogP contribution in [0.2, 0.25) is 0 Å². The quantitative estimate of drug-likeness (QED) is 0.736. The molecule has 0 aromatic heterocycles. The van der Waals surface area contributed by atoms with Crippen LogP contribution in [0.15, 0.2) is 72.8 Å². The molecule has 0 amide bonds. The molecule has 2 heteroatoms. The molecule has 0 spiro atoms. The SMILES string of the molecule is COC1(c2ccccc2O)c2ccccc2C(C)c2ccccc21. The Hall–Kier alpha value is -2.58. The number of hydrogen-bond donors (Lipinski definition) is 1. The average molecular weight is 316 g/mol. The van der Waals surface area contributed by atoms with Gasteiger partial charge in [0.1, 0.15) is 11.4 Å². The van der Waals surface area contributed by atoms with Crippen LogP contribution in [0.4, 0.5) is 0 Å². The van der Waals surface area contributed by atoms with Crippen molar-refractivity contribution in [3.63, 3.8) is 0 Å². The van der Waals surface area contributed by atoms with E-state index in [4.69, 9.17) is 4.74 Å². The van der Waals surface area contributed by atoms with Gasteiger partial charge in [0, 0.05) is 18.6 Å². The Morgan fingerprint density at radius 2 is 1.21 bits per heavy atom. The van der Waals surface area contributed by atoms with E-state index in [2.05, 4.69) is 43.3 Å². The Labute approximate surface area is 142 Å². The Bertz CT molecular complexity index is 850. The number of hydrogen-bond acceptors (Lipinski definition) is 2. The molecule has 0 bridgehead atoms. The van der Waals surface area contributed by atoms with Gasteiger partial charge in [-0.05, 0) is 28.3 Å². The van der Waals surface area contributed by atoms with E-state index in [1.54, 1.807) is 13.2 Å². The minimum atomic E-state index is -0.801. The molecule has 3 aromatic rings. The fourth-order valence-electron chi connectivity index (χ4n) is 4.09. The van der Waals surface area contributed by atoms with E-state index in [1.807, 2.05) is 30.3 Å². The first-order chi connectivity index (χ1) is 11.7. The van der Waals surface area contributed by atoms with Crippen LogP contribution >= 0.6 is 0 Å². The normalized spacial score (nSPS) is 21.8. The maximum absolute atomic E-state index is 10.6. The van der Waals surface area contributed by atoms with E-state index in [-0.39, 0.29) is 11.7 Å². The summed E-state index contributed by atoms with van der Waals surface area (Å²) in [5, 5.41) is 10.6. The molecule has 1 N–H and O–H groups in total. The molecule has 0 saturated carbocycles. The first kappa shape index (κ1) is 15.0. The molecule has 0 unspecified atom stereocenters. The van der Waals surface area contributed by atoms with Gasteiger partial charge in [0.15, 0.2) is 0 Å². The number of methoxy groups -OCH3 is 1. The van der Waals surface area contributed by atoms with Crippen molar-refractivity contribution >= 4 is 0 Å². The van der Waals surface area contributed by atoms with Gasteiger partial charge in [0.05, 0.1) is 0 Å². The van der Waals surface area contributed by atoms with E-state index in [0.29, 0.717) is 0 Å². The average Bonchev–Trinajstić information content (AvgIpc) is 2.64. The second-order valence-electron chi connectivity index (χ2n) is 6.30. The molecule has 1 aliphatic rings. The standard InChI is InChI=1S/C22H20O2/c1-15-16-9-3-5-11-18(16)22(24-2,19-12-6-4-10-17(15)19)20-13-7-8-14-21(20)23/h3-15,23H,1-2H3. The first-order valence-corrected chi connectivity index (χ1v) is 8.22. The third-order valence-corrected chi connectivity index (χ3v) is 5.20. The Balaban J connectivity index is 2.15. The van der Waals surface area contributed by atoms with Crippen LogP contribution in [0.25, 0.3) is 0 Å². The van der Waals surface area contributed by atoms with Gasteiger partial charge in [-0.15, -0.1) is 0 Å². The predicted molar refractivity (Wildman–Crippen MR) is 95.4 cm³/mol. The van der Waals surface area contributed by atoms with Crippen molar-refractivity contribution in [1.82, 2.24) is 0 Å². The minimum absolute atomic E-state index is 0.249. The van der Waals surface area contributed by atoms with E-state index in [1.165, 1.54) is 11.1 Å². The van der Waals surface area contributed by atoms with Crippen molar-refractivity contribution in [3.05, 3.63) is 101 Å². The molecular formula is C22H20O2. The second-order valence-corrected chi connectivity index (χ2v) is 6.30. The molecule has 4 rings (SSSR count). The van der Waals surface area contributed by atoms with Gasteiger partial charge in [-0.2, -0.15) is 0 Å². The summed E-state index contributed by atoms with van der Waals surface area (Å²) < 4.78 is 6.19. The molecular weight excluding hydrogens is 296 g/mol. The molecule has 0 atom stereocenters. The molecule has 2 nitrogen and oxygen atoms in total. The van der Waals surface area contributed by atoms with Crippen LogP contribution in [0.3, 0.4) is 0 Å². The molecule has 0 heterocycles. The minimum Gasteiger partial charge on any atom is -0.508 e. The van der Waals surface area contributed by atoms with Crippen molar-refractivity contribution in [3.8, 4) is 5.75 Å². The highest BCUT2D eigenvalue weighted by Gasteiger charge is 2.45. The van der Waals surface area contributed by atoms with Crippen molar-refractivity contribution in [2.24, 2.45) is 0 Å². The molecule has 120 valence electrons. The summed E-state index contributed by atoms with van der Waals surface area (Å²) >= 11 is 0. The van der Waals surface area contributed by atoms with Gasteiger partial charge in [0.2, 0.25) is 0 Å². The van der Waals surface area contributed by atoms with Crippen LogP contribution in [-0.4, -0.2) is 12.2 Å². The van der Waals surface area contributed by atoms with Crippen LogP contribution < -0.4 is 0 Å². The Morgan fingerprint density at radius 1 is 0.750 bits per heavy atom. The van der Waals surface area contributed by atoms with Gasteiger partial charge in [-0.3, -0.25) is 0 Å². The van der Waals surface area contributed by atoms with Crippen LogP contribution in [0.1, 0.15) is 40.7 Å². The number of rotatable bonds is 2. The zero-order chi connectivity index (χ0) is 16.7. The maximum Gasteiger partial charge on any atom is 0.147 e. The summed E-state index contributed by atoms with van der Waals surface area (Å²) in [7, 11) is 1.72. The topological polar surface area (TPSA) is 29.5 Å². The smallest absolute Gasteiger partial charge is 0.147 e. The lowest BCUT2D eigenvalue weighted by molar-refractivity contribution is 0.0523. The fraction of sp³-hybridized carbons (Fsp3) is 0.182. The summed E-state index contributed by atoms with van der Waals surface area (Å²) in [6, 6.07) is 24.2. The molecule has 3 aromatic carbocycles. The van der Waals surface area contributed by atoms with Gasteiger partial charge in [-0.25, -0.2) is 0 Å². The lowest BCUT2D eigenvalue weighted by atomic mass is 9.67. The predicted octanol–water partition coefficient (Wildman–Crippen LogP) is 4.80. The largest absolute Gasteiger partial charge is 0.508 e. The number of benzene rings is 3. The summed E-state index contributed by atoms with van der Waals surface area (Å²) in [5.41, 5.74) is 4.65. The van der Waals surface area contributed by atoms with Crippen LogP contribution in [-0.2, 0) is 10.3 Å². The Morgan fingerprint density at radius 3 is 1.71 bits per heavy atom. The molecule has 1 aliphatic carbocycles. The number of fused-ring (bicyclic) bond motifs is 2. The highest BCUT2D eigenvalue weighted by molar-refractivity contribution is 5.62. The Kier molecular flexibility index (Phi) is 3.43. The van der Waals surface area contributed by atoms with Crippen molar-refractivity contribution in [1.29, 1.82) is 0 Å². The lowest BCUT2D eigenvalue weighted by Gasteiger charge is -2.42.